The molecule has 0 amide bonds. The molecule has 65 heavy (non-hydrogen) atoms. The van der Waals surface area contributed by atoms with Crippen molar-refractivity contribution in [2.24, 2.45) is 0 Å². The molecule has 0 aliphatic rings. The monoisotopic (exact) mass is 903 g/mol. The molecule has 6 nitrogen and oxygen atoms in total. The predicted molar refractivity (Wildman–Crippen MR) is 279 cm³/mol. The largest absolute Gasteiger partial charge is 0.462 e. The summed E-state index contributed by atoms with van der Waals surface area (Å²) in [5.74, 6) is -0.977. The standard InChI is InChI=1S/C59H98O6/c1-4-7-10-13-16-19-22-25-28-31-34-37-40-43-46-49-52-58(61)64-55-56(54-63-57(60)51-48-45-42-39-36-33-30-27-24-21-18-15-12-9-6-3)65-59(62)53-50-47-44-41-38-35-32-29-26-23-20-17-14-11-8-5-2/h7,10,16,18-19,21,24-25,27-29,32,34-35,37-38,56H,4-6,8-9,11-15,17,20,22-23,26,30-31,33,36,39-55H2,1-3H3/b10-7-,19-16-,21-18-,27-24-,28-25-,32-29-,37-34-,38-35-. The molecule has 0 N–H and O–H groups in total. The first-order valence-electron chi connectivity index (χ1n) is 26.8. The Kier molecular flexibility index (Phi) is 50.0. The summed E-state index contributed by atoms with van der Waals surface area (Å²) in [6, 6.07) is 0. The van der Waals surface area contributed by atoms with Crippen LogP contribution in [0.5, 0.6) is 0 Å². The van der Waals surface area contributed by atoms with Crippen molar-refractivity contribution in [2.45, 2.75) is 245 Å². The first-order valence-corrected chi connectivity index (χ1v) is 26.8. The van der Waals surface area contributed by atoms with Crippen molar-refractivity contribution >= 4 is 17.9 Å². The molecule has 0 aromatic heterocycles. The molecule has 1 unspecified atom stereocenters. The van der Waals surface area contributed by atoms with Crippen LogP contribution in [-0.4, -0.2) is 37.2 Å². The lowest BCUT2D eigenvalue weighted by atomic mass is 10.1. The van der Waals surface area contributed by atoms with Crippen LogP contribution in [0.3, 0.4) is 0 Å². The van der Waals surface area contributed by atoms with Gasteiger partial charge in [0, 0.05) is 19.3 Å². The van der Waals surface area contributed by atoms with E-state index in [9.17, 15) is 14.4 Å². The highest BCUT2D eigenvalue weighted by atomic mass is 16.6. The smallest absolute Gasteiger partial charge is 0.306 e. The first-order chi connectivity index (χ1) is 32.0. The topological polar surface area (TPSA) is 78.9 Å². The minimum absolute atomic E-state index is 0.106. The highest BCUT2D eigenvalue weighted by molar-refractivity contribution is 5.71. The molecule has 0 heterocycles. The predicted octanol–water partition coefficient (Wildman–Crippen LogP) is 17.8. The lowest BCUT2D eigenvalue weighted by molar-refractivity contribution is -0.167. The SMILES string of the molecule is CC/C=C\C/C=C\C/C=C\C/C=C\CCCCCC(=O)OCC(COC(=O)CCCCCCCC/C=C\C=C/CCCCC)OC(=O)CCCCC/C=C\C=C/CCCCCCCCC. The molecule has 1 atom stereocenters. The third-order valence-corrected chi connectivity index (χ3v) is 11.1. The van der Waals surface area contributed by atoms with Gasteiger partial charge >= 0.3 is 17.9 Å². The molecule has 6 heteroatoms. The molecule has 0 spiro atoms. The zero-order valence-electron chi connectivity index (χ0n) is 42.2. The highest BCUT2D eigenvalue weighted by Gasteiger charge is 2.19. The van der Waals surface area contributed by atoms with E-state index in [1.807, 2.05) is 0 Å². The normalized spacial score (nSPS) is 12.8. The van der Waals surface area contributed by atoms with Gasteiger partial charge in [-0.1, -0.05) is 208 Å². The zero-order valence-corrected chi connectivity index (χ0v) is 42.2. The van der Waals surface area contributed by atoms with Gasteiger partial charge in [-0.25, -0.2) is 0 Å². The summed E-state index contributed by atoms with van der Waals surface area (Å²) in [6.07, 6.45) is 69.6. The van der Waals surface area contributed by atoms with Crippen molar-refractivity contribution in [3.8, 4) is 0 Å². The van der Waals surface area contributed by atoms with Gasteiger partial charge in [0.1, 0.15) is 13.2 Å². The Bertz CT molecular complexity index is 1310. The maximum Gasteiger partial charge on any atom is 0.306 e. The van der Waals surface area contributed by atoms with Gasteiger partial charge in [-0.2, -0.15) is 0 Å². The molecular weight excluding hydrogens is 805 g/mol. The number of hydrogen-bond donors (Lipinski definition) is 0. The van der Waals surface area contributed by atoms with Gasteiger partial charge in [-0.15, -0.1) is 0 Å². The van der Waals surface area contributed by atoms with Crippen molar-refractivity contribution < 1.29 is 28.6 Å². The number of carbonyl (C=O) groups is 3. The fourth-order valence-corrected chi connectivity index (χ4v) is 7.06. The van der Waals surface area contributed by atoms with Gasteiger partial charge in [0.25, 0.3) is 0 Å². The third kappa shape index (κ3) is 51.2. The summed E-state index contributed by atoms with van der Waals surface area (Å²) >= 11 is 0. The molecule has 0 saturated carbocycles. The molecule has 0 rings (SSSR count). The summed E-state index contributed by atoms with van der Waals surface area (Å²) in [4.78, 5) is 38.0. The minimum Gasteiger partial charge on any atom is -0.462 e. The Morgan fingerprint density at radius 3 is 1.08 bits per heavy atom. The number of esters is 3. The molecule has 0 aliphatic heterocycles. The van der Waals surface area contributed by atoms with Crippen molar-refractivity contribution in [3.63, 3.8) is 0 Å². The van der Waals surface area contributed by atoms with E-state index < -0.39 is 6.10 Å². The number of unbranched alkanes of at least 4 members (excludes halogenated alkanes) is 22. The molecule has 0 saturated heterocycles. The molecular formula is C59H98O6. The van der Waals surface area contributed by atoms with E-state index in [4.69, 9.17) is 14.2 Å². The Morgan fingerprint density at radius 2 is 0.646 bits per heavy atom. The van der Waals surface area contributed by atoms with Crippen LogP contribution in [-0.2, 0) is 28.6 Å². The van der Waals surface area contributed by atoms with Crippen LogP contribution < -0.4 is 0 Å². The number of hydrogen-bond acceptors (Lipinski definition) is 6. The van der Waals surface area contributed by atoms with Crippen molar-refractivity contribution in [1.29, 1.82) is 0 Å². The summed E-state index contributed by atoms with van der Waals surface area (Å²) in [7, 11) is 0. The highest BCUT2D eigenvalue weighted by Crippen LogP contribution is 2.13. The number of rotatable bonds is 47. The molecule has 0 fully saturated rings. The molecule has 0 aliphatic carbocycles. The van der Waals surface area contributed by atoms with Crippen LogP contribution in [0, 0.1) is 0 Å². The van der Waals surface area contributed by atoms with E-state index in [1.54, 1.807) is 0 Å². The Hall–Kier alpha value is -3.67. The molecule has 0 radical (unpaired) electrons. The second kappa shape index (κ2) is 52.9. The Labute approximate surface area is 400 Å². The van der Waals surface area contributed by atoms with E-state index >= 15 is 0 Å². The summed E-state index contributed by atoms with van der Waals surface area (Å²) in [5.41, 5.74) is 0. The lowest BCUT2D eigenvalue weighted by Crippen LogP contribution is -2.30. The molecule has 0 aromatic carbocycles. The average Bonchev–Trinajstić information content (AvgIpc) is 3.30. The van der Waals surface area contributed by atoms with Crippen LogP contribution in [0.15, 0.2) is 97.2 Å². The van der Waals surface area contributed by atoms with Gasteiger partial charge in [-0.3, -0.25) is 14.4 Å². The van der Waals surface area contributed by atoms with Gasteiger partial charge in [0.2, 0.25) is 0 Å². The van der Waals surface area contributed by atoms with Crippen molar-refractivity contribution in [2.75, 3.05) is 13.2 Å². The summed E-state index contributed by atoms with van der Waals surface area (Å²) in [6.45, 7) is 6.42. The van der Waals surface area contributed by atoms with E-state index in [-0.39, 0.29) is 37.5 Å². The summed E-state index contributed by atoms with van der Waals surface area (Å²) in [5, 5.41) is 0. The van der Waals surface area contributed by atoms with Gasteiger partial charge in [-0.05, 0) is 109 Å². The van der Waals surface area contributed by atoms with E-state index in [0.29, 0.717) is 12.8 Å². The van der Waals surface area contributed by atoms with Crippen LogP contribution in [0.4, 0.5) is 0 Å². The Balaban J connectivity index is 4.52. The van der Waals surface area contributed by atoms with Crippen LogP contribution in [0.1, 0.15) is 239 Å². The number of allylic oxidation sites excluding steroid dienone is 16. The van der Waals surface area contributed by atoms with Crippen LogP contribution in [0.2, 0.25) is 0 Å². The van der Waals surface area contributed by atoms with Crippen molar-refractivity contribution in [1.82, 2.24) is 0 Å². The van der Waals surface area contributed by atoms with Crippen LogP contribution >= 0.6 is 0 Å². The lowest BCUT2D eigenvalue weighted by Gasteiger charge is -2.18. The maximum atomic E-state index is 12.8. The summed E-state index contributed by atoms with van der Waals surface area (Å²) < 4.78 is 16.8. The van der Waals surface area contributed by atoms with Crippen LogP contribution in [0.25, 0.3) is 0 Å². The molecule has 0 aromatic rings. The average molecular weight is 903 g/mol. The van der Waals surface area contributed by atoms with Crippen molar-refractivity contribution in [3.05, 3.63) is 97.2 Å². The minimum atomic E-state index is -0.810. The van der Waals surface area contributed by atoms with Gasteiger partial charge < -0.3 is 14.2 Å². The zero-order chi connectivity index (χ0) is 47.2. The molecule has 0 bridgehead atoms. The fraction of sp³-hybridized carbons (Fsp3) is 0.678. The molecule has 370 valence electrons. The number of ether oxygens (including phenoxy) is 3. The quantitative estimate of drug-likeness (QED) is 0.0199. The second-order valence-electron chi connectivity index (χ2n) is 17.5. The van der Waals surface area contributed by atoms with E-state index in [2.05, 4.69) is 118 Å². The van der Waals surface area contributed by atoms with E-state index in [1.165, 1.54) is 83.5 Å². The fourth-order valence-electron chi connectivity index (χ4n) is 7.06. The van der Waals surface area contributed by atoms with E-state index in [0.717, 1.165) is 116 Å². The first kappa shape index (κ1) is 61.3. The second-order valence-corrected chi connectivity index (χ2v) is 17.5. The number of carbonyl (C=O) groups excluding carboxylic acids is 3. The maximum absolute atomic E-state index is 12.8. The van der Waals surface area contributed by atoms with Gasteiger partial charge in [0.05, 0.1) is 0 Å². The Morgan fingerprint density at radius 1 is 0.338 bits per heavy atom. The van der Waals surface area contributed by atoms with Gasteiger partial charge in [0.15, 0.2) is 6.10 Å². The third-order valence-electron chi connectivity index (χ3n) is 11.1.